The molecule has 0 aromatic rings. The van der Waals surface area contributed by atoms with Gasteiger partial charge in [-0.1, -0.05) is 7.11 Å². The SMILES string of the molecule is C=O.[CH2-][O+]1CCC1. The fourth-order valence-corrected chi connectivity index (χ4v) is 0.348. The van der Waals surface area contributed by atoms with E-state index in [0.29, 0.717) is 0 Å². The highest BCUT2D eigenvalue weighted by atomic mass is 16.7. The zero-order valence-corrected chi connectivity index (χ0v) is 4.35. The number of hydrogen-bond acceptors (Lipinski definition) is 1. The number of carbonyl (C=O) groups excluding carboxylic acids is 1. The van der Waals surface area contributed by atoms with Crippen LogP contribution in [0.3, 0.4) is 0 Å². The molecule has 0 aromatic heterocycles. The first-order chi connectivity index (χ1) is 3.39. The summed E-state index contributed by atoms with van der Waals surface area (Å²) >= 11 is 0. The Morgan fingerprint density at radius 3 is 1.71 bits per heavy atom. The van der Waals surface area contributed by atoms with Crippen molar-refractivity contribution in [3.8, 4) is 0 Å². The molecule has 7 heavy (non-hydrogen) atoms. The number of hydrogen-bond donors (Lipinski definition) is 0. The Kier molecular flexibility index (Phi) is 3.61. The van der Waals surface area contributed by atoms with Crippen molar-refractivity contribution in [3.05, 3.63) is 7.11 Å². The van der Waals surface area contributed by atoms with Crippen LogP contribution in [0.25, 0.3) is 0 Å². The summed E-state index contributed by atoms with van der Waals surface area (Å²) in [7, 11) is 3.59. The van der Waals surface area contributed by atoms with Gasteiger partial charge in [0.15, 0.2) is 0 Å². The van der Waals surface area contributed by atoms with Gasteiger partial charge in [0.1, 0.15) is 20.0 Å². The van der Waals surface area contributed by atoms with E-state index in [0.717, 1.165) is 13.2 Å². The summed E-state index contributed by atoms with van der Waals surface area (Å²) in [6.45, 7) is 4.25. The quantitative estimate of drug-likeness (QED) is 0.323. The standard InChI is InChI=1S/C4H8O.CH2O/c1-5-3-2-4-5;1-2/h1-4H2;1H2. The lowest BCUT2D eigenvalue weighted by atomic mass is 10.4. The summed E-state index contributed by atoms with van der Waals surface area (Å²) in [5.74, 6) is 0. The van der Waals surface area contributed by atoms with Gasteiger partial charge in [-0.15, -0.1) is 0 Å². The molecule has 0 bridgehead atoms. The minimum absolute atomic E-state index is 1.12. The summed E-state index contributed by atoms with van der Waals surface area (Å²) in [5.41, 5.74) is 0. The van der Waals surface area contributed by atoms with Crippen LogP contribution in [0.15, 0.2) is 0 Å². The molecule has 0 aliphatic carbocycles. The van der Waals surface area contributed by atoms with Gasteiger partial charge in [0.25, 0.3) is 0 Å². The molecule has 42 valence electrons. The molecule has 0 N–H and O–H groups in total. The Labute approximate surface area is 43.8 Å². The van der Waals surface area contributed by atoms with Crippen molar-refractivity contribution < 1.29 is 9.16 Å². The van der Waals surface area contributed by atoms with Gasteiger partial charge in [-0.05, 0) is 0 Å². The molecule has 0 radical (unpaired) electrons. The summed E-state index contributed by atoms with van der Waals surface area (Å²) in [5, 5.41) is 0. The molecular weight excluding hydrogens is 92.1 g/mol. The minimum atomic E-state index is 1.12. The third kappa shape index (κ3) is 2.34. The van der Waals surface area contributed by atoms with Gasteiger partial charge in [-0.2, -0.15) is 0 Å². The lowest BCUT2D eigenvalue weighted by molar-refractivity contribution is -0.143. The summed E-state index contributed by atoms with van der Waals surface area (Å²) < 4.78 is 2.68. The Hall–Kier alpha value is -0.370. The molecule has 1 saturated heterocycles. The van der Waals surface area contributed by atoms with Crippen LogP contribution in [0, 0.1) is 7.11 Å². The molecule has 1 aliphatic rings. The first kappa shape index (κ1) is 6.63. The van der Waals surface area contributed by atoms with Gasteiger partial charge < -0.3 is 9.16 Å². The molecule has 0 atom stereocenters. The van der Waals surface area contributed by atoms with Gasteiger partial charge >= 0.3 is 0 Å². The van der Waals surface area contributed by atoms with E-state index in [9.17, 15) is 0 Å². The molecule has 0 spiro atoms. The fraction of sp³-hybridized carbons (Fsp3) is 0.600. The molecule has 2 nitrogen and oxygen atoms in total. The zero-order chi connectivity index (χ0) is 5.70. The van der Waals surface area contributed by atoms with E-state index in [1.807, 2.05) is 6.79 Å². The van der Waals surface area contributed by atoms with E-state index in [1.165, 1.54) is 6.42 Å². The second-order valence-corrected chi connectivity index (χ2v) is 1.37. The smallest absolute Gasteiger partial charge is 0.127 e. The van der Waals surface area contributed by atoms with Crippen LogP contribution in [-0.4, -0.2) is 20.0 Å². The molecule has 0 saturated carbocycles. The molecule has 1 aliphatic heterocycles. The second kappa shape index (κ2) is 3.81. The van der Waals surface area contributed by atoms with Crippen molar-refractivity contribution >= 4 is 6.79 Å². The zero-order valence-electron chi connectivity index (χ0n) is 4.35. The fourth-order valence-electron chi connectivity index (χ4n) is 0.348. The van der Waals surface area contributed by atoms with E-state index < -0.39 is 0 Å². The summed E-state index contributed by atoms with van der Waals surface area (Å²) in [6, 6.07) is 0. The van der Waals surface area contributed by atoms with E-state index in [4.69, 9.17) is 4.79 Å². The normalized spacial score (nSPS) is 19.0. The molecule has 2 heteroatoms. The van der Waals surface area contributed by atoms with E-state index in [1.54, 1.807) is 0 Å². The molecule has 0 aromatic carbocycles. The molecular formula is C5H10O2. The number of rotatable bonds is 0. The number of carbonyl (C=O) groups is 1. The maximum absolute atomic E-state index is 8.00. The maximum atomic E-state index is 8.00. The summed E-state index contributed by atoms with van der Waals surface area (Å²) in [6.07, 6.45) is 1.31. The first-order valence-corrected chi connectivity index (χ1v) is 2.15. The van der Waals surface area contributed by atoms with Crippen LogP contribution >= 0.6 is 0 Å². The third-order valence-electron chi connectivity index (χ3n) is 0.866. The molecule has 1 rings (SSSR count). The maximum Gasteiger partial charge on any atom is 0.127 e. The lowest BCUT2D eigenvalue weighted by Gasteiger charge is -2.29. The van der Waals surface area contributed by atoms with Gasteiger partial charge in [-0.3, -0.25) is 0 Å². The lowest BCUT2D eigenvalue weighted by Crippen LogP contribution is -2.22. The monoisotopic (exact) mass is 102 g/mol. The van der Waals surface area contributed by atoms with E-state index in [-0.39, 0.29) is 0 Å². The Bertz CT molecular complexity index is 41.3. The highest BCUT2D eigenvalue weighted by Crippen LogP contribution is 2.07. The van der Waals surface area contributed by atoms with Gasteiger partial charge in [0.05, 0.1) is 6.42 Å². The molecule has 0 amide bonds. The highest BCUT2D eigenvalue weighted by Gasteiger charge is 2.06. The van der Waals surface area contributed by atoms with E-state index >= 15 is 0 Å². The Morgan fingerprint density at radius 1 is 1.43 bits per heavy atom. The van der Waals surface area contributed by atoms with Crippen molar-refractivity contribution in [2.75, 3.05) is 13.2 Å². The average molecular weight is 102 g/mol. The Morgan fingerprint density at radius 2 is 1.71 bits per heavy atom. The van der Waals surface area contributed by atoms with Crippen molar-refractivity contribution in [1.29, 1.82) is 0 Å². The van der Waals surface area contributed by atoms with Crippen LogP contribution in [0.2, 0.25) is 0 Å². The van der Waals surface area contributed by atoms with Crippen molar-refractivity contribution in [1.82, 2.24) is 0 Å². The molecule has 0 unspecified atom stereocenters. The average Bonchev–Trinajstić information content (AvgIpc) is 1.68. The van der Waals surface area contributed by atoms with Crippen LogP contribution < -0.4 is 0 Å². The van der Waals surface area contributed by atoms with Crippen molar-refractivity contribution in [2.45, 2.75) is 6.42 Å². The highest BCUT2D eigenvalue weighted by molar-refractivity contribution is 5.10. The third-order valence-corrected chi connectivity index (χ3v) is 0.866. The van der Waals surface area contributed by atoms with Crippen molar-refractivity contribution in [3.63, 3.8) is 0 Å². The van der Waals surface area contributed by atoms with Gasteiger partial charge in [0, 0.05) is 0 Å². The van der Waals surface area contributed by atoms with Gasteiger partial charge in [0.2, 0.25) is 0 Å². The van der Waals surface area contributed by atoms with Crippen LogP contribution in [0.5, 0.6) is 0 Å². The predicted octanol–water partition coefficient (Wildman–Crippen LogP) is 0.549. The Balaban J connectivity index is 0.000000162. The van der Waals surface area contributed by atoms with Crippen LogP contribution in [0.1, 0.15) is 6.42 Å². The van der Waals surface area contributed by atoms with Gasteiger partial charge in [-0.25, -0.2) is 0 Å². The largest absolute Gasteiger partial charge is 0.570 e. The van der Waals surface area contributed by atoms with Crippen LogP contribution in [-0.2, 0) is 9.16 Å². The predicted molar refractivity (Wildman–Crippen MR) is 27.9 cm³/mol. The second-order valence-electron chi connectivity index (χ2n) is 1.37. The van der Waals surface area contributed by atoms with E-state index in [2.05, 4.69) is 11.5 Å². The van der Waals surface area contributed by atoms with Crippen LogP contribution in [0.4, 0.5) is 0 Å². The van der Waals surface area contributed by atoms with Crippen molar-refractivity contribution in [2.24, 2.45) is 0 Å². The minimum Gasteiger partial charge on any atom is -0.570 e. The molecule has 1 heterocycles. The topological polar surface area (TPSA) is 19.8 Å². The molecule has 1 fully saturated rings. The summed E-state index contributed by atoms with van der Waals surface area (Å²) in [4.78, 5) is 8.00. The first-order valence-electron chi connectivity index (χ1n) is 2.15.